The van der Waals surface area contributed by atoms with Gasteiger partial charge in [0.1, 0.15) is 98.7 Å². The molecule has 3 fully saturated rings. The molecule has 546 valence electrons. The van der Waals surface area contributed by atoms with Crippen LogP contribution in [0.15, 0.2) is 12.2 Å². The average molecular weight is 1360 g/mol. The number of aliphatic hydroxyl groups excluding tert-OH is 10. The van der Waals surface area contributed by atoms with Crippen molar-refractivity contribution in [2.24, 2.45) is 0 Å². The number of aliphatic hydroxyl groups is 10. The van der Waals surface area contributed by atoms with E-state index < -0.39 is 156 Å². The van der Waals surface area contributed by atoms with Gasteiger partial charge in [-0.1, -0.05) is 219 Å². The maximum absolute atomic E-state index is 14.3. The molecule has 11 N–H and O–H groups in total. The van der Waals surface area contributed by atoms with Crippen LogP contribution in [0.4, 0.5) is 0 Å². The molecule has 0 amide bonds. The Morgan fingerprint density at radius 3 is 1.17 bits per heavy atom. The highest BCUT2D eigenvalue weighted by Gasteiger charge is 2.58. The van der Waals surface area contributed by atoms with E-state index in [0.717, 1.165) is 96.3 Å². The number of hydrogen-bond acceptors (Lipinski definition) is 23. The normalized spacial score (nSPS) is 28.5. The molecule has 0 radical (unpaired) electrons. The van der Waals surface area contributed by atoms with Gasteiger partial charge in [-0.2, -0.15) is 0 Å². The van der Waals surface area contributed by atoms with Gasteiger partial charge in [-0.05, 0) is 44.9 Å². The molecule has 3 aliphatic rings. The van der Waals surface area contributed by atoms with Crippen molar-refractivity contribution in [1.82, 2.24) is 0 Å². The number of carbonyl (C=O) groups excluding carboxylic acids is 3. The molecule has 1 saturated carbocycles. The highest BCUT2D eigenvalue weighted by atomic mass is 31.2. The number of ether oxygens (including phenoxy) is 7. The van der Waals surface area contributed by atoms with Gasteiger partial charge < -0.3 is 89.1 Å². The first-order valence-corrected chi connectivity index (χ1v) is 37.5. The fourth-order valence-corrected chi connectivity index (χ4v) is 12.8. The zero-order chi connectivity index (χ0) is 68.2. The number of unbranched alkanes of at least 4 members (excludes halogenated alkanes) is 32. The van der Waals surface area contributed by atoms with Gasteiger partial charge in [0.15, 0.2) is 18.7 Å². The molecular weight excluding hydrogens is 1230 g/mol. The van der Waals surface area contributed by atoms with Crippen LogP contribution >= 0.6 is 7.82 Å². The van der Waals surface area contributed by atoms with Crippen LogP contribution in [0.25, 0.3) is 0 Å². The number of phosphoric acid groups is 1. The molecule has 0 aromatic rings. The topological polar surface area (TPSA) is 374 Å². The van der Waals surface area contributed by atoms with E-state index in [9.17, 15) is 74.9 Å². The number of esters is 3. The zero-order valence-electron chi connectivity index (χ0n) is 56.5. The highest BCUT2D eigenvalue weighted by Crippen LogP contribution is 2.49. The Kier molecular flexibility index (Phi) is 46.5. The van der Waals surface area contributed by atoms with Crippen molar-refractivity contribution in [1.29, 1.82) is 0 Å². The summed E-state index contributed by atoms with van der Waals surface area (Å²) in [5.41, 5.74) is 0. The maximum Gasteiger partial charge on any atom is 0.472 e. The molecule has 1 aliphatic carbocycles. The highest BCUT2D eigenvalue weighted by molar-refractivity contribution is 7.47. The van der Waals surface area contributed by atoms with E-state index in [1.54, 1.807) is 0 Å². The Morgan fingerprint density at radius 1 is 0.409 bits per heavy atom. The van der Waals surface area contributed by atoms with Gasteiger partial charge in [0.2, 0.25) is 0 Å². The quantitative estimate of drug-likeness (QED) is 0.00890. The Balaban J connectivity index is 1.76. The molecule has 3 rings (SSSR count). The van der Waals surface area contributed by atoms with Crippen LogP contribution in [0.1, 0.15) is 271 Å². The Labute approximate surface area is 554 Å². The van der Waals surface area contributed by atoms with Crippen LogP contribution < -0.4 is 0 Å². The lowest BCUT2D eigenvalue weighted by Crippen LogP contribution is -2.69. The van der Waals surface area contributed by atoms with E-state index in [4.69, 9.17) is 42.2 Å². The third-order valence-electron chi connectivity index (χ3n) is 17.8. The Bertz CT molecular complexity index is 1990. The second-order valence-corrected chi connectivity index (χ2v) is 27.4. The van der Waals surface area contributed by atoms with Crippen LogP contribution in [-0.2, 0) is 61.2 Å². The standard InChI is InChI=1S/C68H125O24P/c1-4-7-10-13-16-19-22-25-28-30-33-36-39-42-52(70)84-46-49(87-54(72)44-41-38-35-32-27-24-21-18-15-12-9-6-3)47-86-93(82,83)92-66-64(90-67-62(80)57(75)55(73)50(45-69)88-67)60(78)59(77)61(79)65(66)91-68-63(81)58(76)56(74)51(89-68)48-85-53(71)43-40-37-34-31-29-26-23-20-17-14-11-8-5-2/h26,29,49-51,55-69,73-81H,4-25,27-28,30-48H2,1-3H3,(H,82,83)/b29-26-. The first-order chi connectivity index (χ1) is 44.8. The molecule has 25 heteroatoms. The molecule has 2 heterocycles. The summed E-state index contributed by atoms with van der Waals surface area (Å²) in [4.78, 5) is 50.8. The van der Waals surface area contributed by atoms with E-state index in [1.807, 2.05) is 0 Å². The summed E-state index contributed by atoms with van der Waals surface area (Å²) in [6.45, 7) is 3.40. The summed E-state index contributed by atoms with van der Waals surface area (Å²) in [6.07, 6.45) is 7.36. The average Bonchev–Trinajstić information content (AvgIpc) is 0.780. The SMILES string of the molecule is CCCCCCCC/C=C\CCCCCC(=O)OCC1OC(OC2C(O)C(O)C(O)C(OC3OC(CO)C(O)C(O)C3O)C2OP(=O)(O)OCC(COC(=O)CCCCCCCCCCCCCCC)OC(=O)CCCCCCCCCCCCCC)C(O)C(O)C1O. The van der Waals surface area contributed by atoms with E-state index >= 15 is 0 Å². The summed E-state index contributed by atoms with van der Waals surface area (Å²) >= 11 is 0. The first-order valence-electron chi connectivity index (χ1n) is 36.0. The Hall–Kier alpha value is -2.30. The maximum atomic E-state index is 14.3. The minimum atomic E-state index is -5.69. The number of phosphoric ester groups is 1. The molecule has 0 aromatic heterocycles. The summed E-state index contributed by atoms with van der Waals surface area (Å²) in [7, 11) is -5.69. The minimum Gasteiger partial charge on any atom is -0.463 e. The van der Waals surface area contributed by atoms with Crippen molar-refractivity contribution >= 4 is 25.7 Å². The lowest BCUT2D eigenvalue weighted by atomic mass is 9.84. The van der Waals surface area contributed by atoms with Crippen molar-refractivity contribution in [3.63, 3.8) is 0 Å². The van der Waals surface area contributed by atoms with Gasteiger partial charge in [-0.15, -0.1) is 0 Å². The molecule has 18 unspecified atom stereocenters. The molecular formula is C68H125O24P. The lowest BCUT2D eigenvalue weighted by Gasteiger charge is -2.49. The van der Waals surface area contributed by atoms with E-state index in [0.29, 0.717) is 19.3 Å². The lowest BCUT2D eigenvalue weighted by molar-refractivity contribution is -0.360. The van der Waals surface area contributed by atoms with Crippen molar-refractivity contribution in [3.8, 4) is 0 Å². The zero-order valence-corrected chi connectivity index (χ0v) is 57.4. The molecule has 93 heavy (non-hydrogen) atoms. The van der Waals surface area contributed by atoms with E-state index in [2.05, 4.69) is 32.9 Å². The van der Waals surface area contributed by atoms with Crippen molar-refractivity contribution in [2.75, 3.05) is 26.4 Å². The second kappa shape index (κ2) is 50.9. The molecule has 18 atom stereocenters. The van der Waals surface area contributed by atoms with Gasteiger partial charge >= 0.3 is 25.7 Å². The summed E-state index contributed by atoms with van der Waals surface area (Å²) in [5.74, 6) is -2.00. The molecule has 0 spiro atoms. The summed E-state index contributed by atoms with van der Waals surface area (Å²) in [6, 6.07) is 0. The molecule has 0 bridgehead atoms. The predicted molar refractivity (Wildman–Crippen MR) is 347 cm³/mol. The van der Waals surface area contributed by atoms with Gasteiger partial charge in [0, 0.05) is 19.3 Å². The summed E-state index contributed by atoms with van der Waals surface area (Å²) in [5, 5.41) is 110. The largest absolute Gasteiger partial charge is 0.472 e. The fraction of sp³-hybridized carbons (Fsp3) is 0.926. The van der Waals surface area contributed by atoms with Crippen LogP contribution in [0.5, 0.6) is 0 Å². The molecule has 24 nitrogen and oxygen atoms in total. The number of carbonyl (C=O) groups is 3. The monoisotopic (exact) mass is 1360 g/mol. The van der Waals surface area contributed by atoms with Gasteiger partial charge in [-0.25, -0.2) is 4.57 Å². The minimum absolute atomic E-state index is 0.00928. The predicted octanol–water partition coefficient (Wildman–Crippen LogP) is 8.79. The van der Waals surface area contributed by atoms with Crippen molar-refractivity contribution < 1.29 is 117 Å². The number of allylic oxidation sites excluding steroid dienone is 2. The third kappa shape index (κ3) is 34.9. The van der Waals surface area contributed by atoms with Crippen molar-refractivity contribution in [3.05, 3.63) is 12.2 Å². The van der Waals surface area contributed by atoms with E-state index in [1.165, 1.54) is 116 Å². The van der Waals surface area contributed by atoms with Gasteiger partial charge in [0.25, 0.3) is 0 Å². The van der Waals surface area contributed by atoms with Crippen LogP contribution in [-0.4, -0.2) is 204 Å². The van der Waals surface area contributed by atoms with E-state index in [-0.39, 0.29) is 19.3 Å². The fourth-order valence-electron chi connectivity index (χ4n) is 11.9. The molecule has 2 aliphatic heterocycles. The van der Waals surface area contributed by atoms with Crippen LogP contribution in [0, 0.1) is 0 Å². The third-order valence-corrected chi connectivity index (χ3v) is 18.8. The Morgan fingerprint density at radius 2 is 0.753 bits per heavy atom. The smallest absolute Gasteiger partial charge is 0.463 e. The van der Waals surface area contributed by atoms with Crippen LogP contribution in [0.2, 0.25) is 0 Å². The van der Waals surface area contributed by atoms with Gasteiger partial charge in [0.05, 0.1) is 13.2 Å². The van der Waals surface area contributed by atoms with Crippen molar-refractivity contribution in [2.45, 2.75) is 375 Å². The van der Waals surface area contributed by atoms with Crippen LogP contribution in [0.3, 0.4) is 0 Å². The summed E-state index contributed by atoms with van der Waals surface area (Å²) < 4.78 is 64.8. The number of rotatable bonds is 55. The molecule has 2 saturated heterocycles. The van der Waals surface area contributed by atoms with Gasteiger partial charge in [-0.3, -0.25) is 23.4 Å². The molecule has 0 aromatic carbocycles. The second-order valence-electron chi connectivity index (χ2n) is 26.0. The number of hydrogen-bond donors (Lipinski definition) is 11. The first kappa shape index (κ1) is 84.9.